The molecule has 0 unspecified atom stereocenters. The van der Waals surface area contributed by atoms with Crippen LogP contribution in [0.4, 0.5) is 0 Å². The summed E-state index contributed by atoms with van der Waals surface area (Å²) in [6.07, 6.45) is 1.86. The average Bonchev–Trinajstić information content (AvgIpc) is 3.22. The summed E-state index contributed by atoms with van der Waals surface area (Å²) in [6, 6.07) is 18.0. The Morgan fingerprint density at radius 2 is 1.74 bits per heavy atom. The van der Waals surface area contributed by atoms with Crippen LogP contribution in [-0.2, 0) is 15.1 Å². The van der Waals surface area contributed by atoms with E-state index in [1.807, 2.05) is 35.0 Å². The molecule has 0 atom stereocenters. The molecule has 0 radical (unpaired) electrons. The van der Waals surface area contributed by atoms with Gasteiger partial charge in [0, 0.05) is 12.5 Å². The van der Waals surface area contributed by atoms with Gasteiger partial charge < -0.3 is 14.6 Å². The van der Waals surface area contributed by atoms with Crippen LogP contribution in [0.2, 0.25) is 0 Å². The number of carbonyl (C=O) groups excluding carboxylic acids is 1. The summed E-state index contributed by atoms with van der Waals surface area (Å²) >= 11 is 0. The molecule has 162 valence electrons. The van der Waals surface area contributed by atoms with Crippen LogP contribution >= 0.6 is 0 Å². The number of aliphatic hydroxyl groups is 1. The number of nitrogens with zero attached hydrogens (tertiary/aromatic N) is 2. The zero-order valence-electron chi connectivity index (χ0n) is 18.2. The maximum Gasteiger partial charge on any atom is 0.303 e. The fraction of sp³-hybridized carbons (Fsp3) is 0.360. The van der Waals surface area contributed by atoms with E-state index in [0.717, 1.165) is 22.7 Å². The molecule has 1 fully saturated rings. The second-order valence-electron chi connectivity index (χ2n) is 8.21. The highest BCUT2D eigenvalue weighted by Gasteiger charge is 2.42. The topological polar surface area (TPSA) is 73.6 Å². The van der Waals surface area contributed by atoms with Gasteiger partial charge in [-0.05, 0) is 62.9 Å². The van der Waals surface area contributed by atoms with Crippen LogP contribution in [0.3, 0.4) is 0 Å². The summed E-state index contributed by atoms with van der Waals surface area (Å²) in [5, 5.41) is 15.0. The van der Waals surface area contributed by atoms with Crippen molar-refractivity contribution in [2.45, 2.75) is 51.2 Å². The van der Waals surface area contributed by atoms with E-state index in [9.17, 15) is 9.90 Å². The Morgan fingerprint density at radius 3 is 2.32 bits per heavy atom. The first-order valence-electron chi connectivity index (χ1n) is 10.6. The fourth-order valence-electron chi connectivity index (χ4n) is 4.21. The SMILES string of the molecule is COc1ccc(-n2nc(C3(OC(C)=O)CCC(O)CC3)cc2-c2ccc(C)cc2)cc1. The van der Waals surface area contributed by atoms with E-state index in [-0.39, 0.29) is 12.1 Å². The molecule has 1 saturated carbocycles. The highest BCUT2D eigenvalue weighted by atomic mass is 16.6. The van der Waals surface area contributed by atoms with E-state index < -0.39 is 5.60 Å². The van der Waals surface area contributed by atoms with E-state index in [1.54, 1.807) is 7.11 Å². The Morgan fingerprint density at radius 1 is 1.10 bits per heavy atom. The van der Waals surface area contributed by atoms with E-state index >= 15 is 0 Å². The van der Waals surface area contributed by atoms with Crippen molar-refractivity contribution in [3.8, 4) is 22.7 Å². The summed E-state index contributed by atoms with van der Waals surface area (Å²) < 4.78 is 13.0. The number of aliphatic hydroxyl groups excluding tert-OH is 1. The summed E-state index contributed by atoms with van der Waals surface area (Å²) in [5.74, 6) is 0.429. The Balaban J connectivity index is 1.85. The number of benzene rings is 2. The number of methoxy groups -OCH3 is 1. The molecular weight excluding hydrogens is 392 g/mol. The molecule has 3 aromatic rings. The minimum absolute atomic E-state index is 0.340. The molecule has 0 aliphatic heterocycles. The van der Waals surface area contributed by atoms with Gasteiger partial charge in [-0.1, -0.05) is 29.8 Å². The predicted octanol–water partition coefficient (Wildman–Crippen LogP) is 4.55. The summed E-state index contributed by atoms with van der Waals surface area (Å²) in [4.78, 5) is 12.0. The molecule has 1 aromatic heterocycles. The molecule has 1 aliphatic rings. The summed E-state index contributed by atoms with van der Waals surface area (Å²) in [6.45, 7) is 3.48. The zero-order valence-corrected chi connectivity index (χ0v) is 18.2. The van der Waals surface area contributed by atoms with Gasteiger partial charge in [-0.3, -0.25) is 4.79 Å². The molecule has 0 amide bonds. The van der Waals surface area contributed by atoms with Crippen LogP contribution in [0.15, 0.2) is 54.6 Å². The van der Waals surface area contributed by atoms with Crippen LogP contribution < -0.4 is 4.74 Å². The maximum absolute atomic E-state index is 12.0. The van der Waals surface area contributed by atoms with Crippen LogP contribution in [0, 0.1) is 6.92 Å². The first-order valence-corrected chi connectivity index (χ1v) is 10.6. The normalized spacial score (nSPS) is 21.0. The van der Waals surface area contributed by atoms with Crippen molar-refractivity contribution in [1.82, 2.24) is 9.78 Å². The molecule has 0 bridgehead atoms. The van der Waals surface area contributed by atoms with Crippen molar-refractivity contribution in [1.29, 1.82) is 0 Å². The number of ether oxygens (including phenoxy) is 2. The molecule has 4 rings (SSSR count). The molecule has 0 saturated heterocycles. The van der Waals surface area contributed by atoms with Crippen LogP contribution in [-0.4, -0.2) is 34.1 Å². The number of carbonyl (C=O) groups is 1. The summed E-state index contributed by atoms with van der Waals surface area (Å²) in [5.41, 5.74) is 3.88. The lowest BCUT2D eigenvalue weighted by molar-refractivity contribution is -0.165. The van der Waals surface area contributed by atoms with Gasteiger partial charge in [0.25, 0.3) is 0 Å². The highest BCUT2D eigenvalue weighted by Crippen LogP contribution is 2.42. The Kier molecular flexibility index (Phi) is 5.83. The number of esters is 1. The zero-order chi connectivity index (χ0) is 22.0. The lowest BCUT2D eigenvalue weighted by Crippen LogP contribution is -2.38. The second-order valence-corrected chi connectivity index (χ2v) is 8.21. The third-order valence-electron chi connectivity index (χ3n) is 5.94. The number of aryl methyl sites for hydroxylation is 1. The minimum Gasteiger partial charge on any atom is -0.497 e. The van der Waals surface area contributed by atoms with Crippen molar-refractivity contribution >= 4 is 5.97 Å². The largest absolute Gasteiger partial charge is 0.497 e. The smallest absolute Gasteiger partial charge is 0.303 e. The number of hydrogen-bond acceptors (Lipinski definition) is 5. The quantitative estimate of drug-likeness (QED) is 0.613. The van der Waals surface area contributed by atoms with Gasteiger partial charge in [-0.25, -0.2) is 4.68 Å². The van der Waals surface area contributed by atoms with E-state index in [2.05, 4.69) is 31.2 Å². The Hall–Kier alpha value is -3.12. The van der Waals surface area contributed by atoms with Gasteiger partial charge in [0.15, 0.2) is 5.60 Å². The van der Waals surface area contributed by atoms with Crippen molar-refractivity contribution < 1.29 is 19.4 Å². The van der Waals surface area contributed by atoms with Crippen LogP contribution in [0.5, 0.6) is 5.75 Å². The standard InChI is InChI=1S/C25H28N2O4/c1-17-4-6-19(7-5-17)23-16-24(25(31-18(2)28)14-12-21(29)13-15-25)26-27(23)20-8-10-22(30-3)11-9-20/h4-11,16,21,29H,12-15H2,1-3H3. The van der Waals surface area contributed by atoms with Crippen LogP contribution in [0.1, 0.15) is 43.9 Å². The van der Waals surface area contributed by atoms with Crippen molar-refractivity contribution in [3.63, 3.8) is 0 Å². The van der Waals surface area contributed by atoms with Crippen molar-refractivity contribution in [3.05, 3.63) is 65.9 Å². The van der Waals surface area contributed by atoms with Gasteiger partial charge in [-0.2, -0.15) is 5.10 Å². The number of aromatic nitrogens is 2. The molecule has 2 aromatic carbocycles. The van der Waals surface area contributed by atoms with E-state index in [1.165, 1.54) is 12.5 Å². The van der Waals surface area contributed by atoms with E-state index in [0.29, 0.717) is 31.4 Å². The van der Waals surface area contributed by atoms with Gasteiger partial charge in [-0.15, -0.1) is 0 Å². The average molecular weight is 421 g/mol. The molecule has 1 N–H and O–H groups in total. The molecule has 1 heterocycles. The minimum atomic E-state index is -0.831. The van der Waals surface area contributed by atoms with E-state index in [4.69, 9.17) is 14.6 Å². The summed E-state index contributed by atoms with van der Waals surface area (Å²) in [7, 11) is 1.64. The molecule has 31 heavy (non-hydrogen) atoms. The van der Waals surface area contributed by atoms with Crippen molar-refractivity contribution in [2.75, 3.05) is 7.11 Å². The second kappa shape index (κ2) is 8.55. The van der Waals surface area contributed by atoms with Gasteiger partial charge in [0.2, 0.25) is 0 Å². The van der Waals surface area contributed by atoms with Crippen molar-refractivity contribution in [2.24, 2.45) is 0 Å². The monoisotopic (exact) mass is 420 g/mol. The molecule has 6 heteroatoms. The maximum atomic E-state index is 12.0. The number of rotatable bonds is 5. The molecule has 0 spiro atoms. The third kappa shape index (κ3) is 4.35. The predicted molar refractivity (Wildman–Crippen MR) is 118 cm³/mol. The molecule has 1 aliphatic carbocycles. The Bertz CT molecular complexity index is 1050. The van der Waals surface area contributed by atoms with Crippen LogP contribution in [0.25, 0.3) is 16.9 Å². The fourth-order valence-corrected chi connectivity index (χ4v) is 4.21. The lowest BCUT2D eigenvalue weighted by atomic mass is 9.80. The molecular formula is C25H28N2O4. The first-order chi connectivity index (χ1) is 14.9. The Labute approximate surface area is 182 Å². The van der Waals surface area contributed by atoms with Gasteiger partial charge >= 0.3 is 5.97 Å². The number of hydrogen-bond donors (Lipinski definition) is 1. The van der Waals surface area contributed by atoms with Gasteiger partial charge in [0.05, 0.1) is 24.6 Å². The molecule has 6 nitrogen and oxygen atoms in total. The van der Waals surface area contributed by atoms with Gasteiger partial charge in [0.1, 0.15) is 11.4 Å². The lowest BCUT2D eigenvalue weighted by Gasteiger charge is -2.36. The first kappa shape index (κ1) is 21.1. The third-order valence-corrected chi connectivity index (χ3v) is 5.94. The highest BCUT2D eigenvalue weighted by molar-refractivity contribution is 5.67.